The van der Waals surface area contributed by atoms with Crippen molar-refractivity contribution in [3.63, 3.8) is 0 Å². The second-order valence-electron chi connectivity index (χ2n) is 6.38. The zero-order valence-electron chi connectivity index (χ0n) is 15.0. The monoisotopic (exact) mass is 327 g/mol. The number of nitrogens with zero attached hydrogens (tertiary/aromatic N) is 2. The molecule has 2 aromatic rings. The Hall–Kier alpha value is -2.40. The number of Topliss-reactive ketones (excluding diaryl/α,β-unsaturated/α-hetero) is 1. The number of carbonyl (C=O) groups is 2. The third kappa shape index (κ3) is 4.11. The van der Waals surface area contributed by atoms with Gasteiger partial charge in [-0.05, 0) is 39.6 Å². The van der Waals surface area contributed by atoms with Crippen molar-refractivity contribution in [3.05, 3.63) is 58.9 Å². The molecule has 128 valence electrons. The number of hydrogen-bond donors (Lipinski definition) is 1. The molecule has 0 saturated heterocycles. The topological polar surface area (TPSA) is 54.3 Å². The molecule has 0 bridgehead atoms. The van der Waals surface area contributed by atoms with Crippen molar-refractivity contribution in [3.8, 4) is 0 Å². The van der Waals surface area contributed by atoms with Crippen molar-refractivity contribution < 1.29 is 9.59 Å². The minimum absolute atomic E-state index is 0.0459. The Morgan fingerprint density at radius 3 is 2.33 bits per heavy atom. The van der Waals surface area contributed by atoms with Crippen LogP contribution in [0.4, 0.5) is 0 Å². The van der Waals surface area contributed by atoms with Gasteiger partial charge in [0.1, 0.15) is 5.69 Å². The molecule has 0 unspecified atom stereocenters. The zero-order valence-corrected chi connectivity index (χ0v) is 15.0. The minimum atomic E-state index is -0.177. The molecule has 0 aliphatic heterocycles. The molecule has 24 heavy (non-hydrogen) atoms. The molecule has 5 heteroatoms. The Morgan fingerprint density at radius 1 is 1.21 bits per heavy atom. The molecule has 1 heterocycles. The van der Waals surface area contributed by atoms with Crippen molar-refractivity contribution in [2.24, 2.45) is 7.05 Å². The van der Waals surface area contributed by atoms with Crippen LogP contribution in [0.15, 0.2) is 36.5 Å². The first-order valence-electron chi connectivity index (χ1n) is 7.98. The first-order chi connectivity index (χ1) is 11.3. The number of nitrogens with one attached hydrogen (secondary N) is 1. The quantitative estimate of drug-likeness (QED) is 0.830. The zero-order chi connectivity index (χ0) is 17.9. The lowest BCUT2D eigenvalue weighted by molar-refractivity contribution is 0.0933. The maximum Gasteiger partial charge on any atom is 0.267 e. The molecule has 1 atom stereocenters. The maximum atomic E-state index is 12.5. The molecule has 1 aromatic heterocycles. The second kappa shape index (κ2) is 7.45. The van der Waals surface area contributed by atoms with Gasteiger partial charge in [-0.1, -0.05) is 29.8 Å². The standard InChI is InChI=1S/C19H25N3O2/c1-13-6-8-15(9-7-13)18(21(3)4)11-20-19(24)17-10-16(14(2)23)12-22(17)5/h6-10,12,18H,11H2,1-5H3,(H,20,24)/t18-/m1/s1. The molecule has 0 aliphatic rings. The van der Waals surface area contributed by atoms with Gasteiger partial charge in [0.05, 0.1) is 6.04 Å². The summed E-state index contributed by atoms with van der Waals surface area (Å²) in [6.07, 6.45) is 1.68. The van der Waals surface area contributed by atoms with E-state index in [2.05, 4.69) is 41.4 Å². The number of amides is 1. The molecule has 0 radical (unpaired) electrons. The van der Waals surface area contributed by atoms with Crippen molar-refractivity contribution >= 4 is 11.7 Å². The van der Waals surface area contributed by atoms with E-state index >= 15 is 0 Å². The number of aryl methyl sites for hydroxylation is 2. The largest absolute Gasteiger partial charge is 0.349 e. The third-order valence-corrected chi connectivity index (χ3v) is 4.19. The van der Waals surface area contributed by atoms with Crippen LogP contribution in [-0.4, -0.2) is 41.8 Å². The van der Waals surface area contributed by atoms with Crippen LogP contribution in [0.25, 0.3) is 0 Å². The smallest absolute Gasteiger partial charge is 0.267 e. The Balaban J connectivity index is 2.10. The first kappa shape index (κ1) is 17.9. The highest BCUT2D eigenvalue weighted by Crippen LogP contribution is 2.18. The number of ketones is 1. The molecule has 0 saturated carbocycles. The number of aromatic nitrogens is 1. The first-order valence-corrected chi connectivity index (χ1v) is 7.98. The van der Waals surface area contributed by atoms with E-state index in [4.69, 9.17) is 0 Å². The lowest BCUT2D eigenvalue weighted by Crippen LogP contribution is -2.35. The van der Waals surface area contributed by atoms with Gasteiger partial charge in [0.15, 0.2) is 5.78 Å². The fourth-order valence-electron chi connectivity index (χ4n) is 2.65. The number of carbonyl (C=O) groups excluding carboxylic acids is 2. The van der Waals surface area contributed by atoms with Crippen LogP contribution in [0.5, 0.6) is 0 Å². The van der Waals surface area contributed by atoms with Gasteiger partial charge in [-0.15, -0.1) is 0 Å². The van der Waals surface area contributed by atoms with Gasteiger partial charge in [0.2, 0.25) is 0 Å². The normalized spacial score (nSPS) is 12.2. The predicted octanol–water partition coefficient (Wildman–Crippen LogP) is 2.57. The highest BCUT2D eigenvalue weighted by Gasteiger charge is 2.18. The van der Waals surface area contributed by atoms with E-state index in [-0.39, 0.29) is 17.7 Å². The highest BCUT2D eigenvalue weighted by molar-refractivity contribution is 5.99. The van der Waals surface area contributed by atoms with Gasteiger partial charge in [0.25, 0.3) is 5.91 Å². The average molecular weight is 327 g/mol. The van der Waals surface area contributed by atoms with Gasteiger partial charge >= 0.3 is 0 Å². The fraction of sp³-hybridized carbons (Fsp3) is 0.368. The van der Waals surface area contributed by atoms with E-state index in [1.165, 1.54) is 12.5 Å². The van der Waals surface area contributed by atoms with Gasteiger partial charge in [-0.3, -0.25) is 9.59 Å². The summed E-state index contributed by atoms with van der Waals surface area (Å²) in [4.78, 5) is 26.0. The number of hydrogen-bond acceptors (Lipinski definition) is 3. The summed E-state index contributed by atoms with van der Waals surface area (Å²) < 4.78 is 1.68. The van der Waals surface area contributed by atoms with Gasteiger partial charge in [-0.25, -0.2) is 0 Å². The molecule has 1 aromatic carbocycles. The van der Waals surface area contributed by atoms with Crippen LogP contribution in [0, 0.1) is 6.92 Å². The van der Waals surface area contributed by atoms with Crippen LogP contribution in [0.3, 0.4) is 0 Å². The van der Waals surface area contributed by atoms with Crippen molar-refractivity contribution in [1.29, 1.82) is 0 Å². The summed E-state index contributed by atoms with van der Waals surface area (Å²) in [5, 5.41) is 2.97. The van der Waals surface area contributed by atoms with Crippen LogP contribution >= 0.6 is 0 Å². The molecular weight excluding hydrogens is 302 g/mol. The van der Waals surface area contributed by atoms with Crippen LogP contribution in [-0.2, 0) is 7.05 Å². The molecular formula is C19H25N3O2. The molecule has 0 aliphatic carbocycles. The number of benzene rings is 1. The number of rotatable bonds is 6. The summed E-state index contributed by atoms with van der Waals surface area (Å²) in [6.45, 7) is 4.05. The lowest BCUT2D eigenvalue weighted by Gasteiger charge is -2.25. The van der Waals surface area contributed by atoms with E-state index in [1.54, 1.807) is 23.9 Å². The second-order valence-corrected chi connectivity index (χ2v) is 6.38. The summed E-state index contributed by atoms with van der Waals surface area (Å²) in [5.74, 6) is -0.223. The SMILES string of the molecule is CC(=O)c1cc(C(=O)NC[C@H](c2ccc(C)cc2)N(C)C)n(C)c1. The van der Waals surface area contributed by atoms with Crippen molar-refractivity contribution in [2.45, 2.75) is 19.9 Å². The Labute approximate surface area is 143 Å². The summed E-state index contributed by atoms with van der Waals surface area (Å²) >= 11 is 0. The third-order valence-electron chi connectivity index (χ3n) is 4.19. The van der Waals surface area contributed by atoms with Gasteiger partial charge in [-0.2, -0.15) is 0 Å². The van der Waals surface area contributed by atoms with E-state index in [1.807, 2.05) is 14.1 Å². The summed E-state index contributed by atoms with van der Waals surface area (Å²) in [6, 6.07) is 10.0. The fourth-order valence-corrected chi connectivity index (χ4v) is 2.65. The maximum absolute atomic E-state index is 12.5. The summed E-state index contributed by atoms with van der Waals surface area (Å²) in [5.41, 5.74) is 3.40. The number of likely N-dealkylation sites (N-methyl/N-ethyl adjacent to an activating group) is 1. The average Bonchev–Trinajstić information content (AvgIpc) is 2.91. The molecule has 0 spiro atoms. The van der Waals surface area contributed by atoms with Gasteiger partial charge < -0.3 is 14.8 Å². The van der Waals surface area contributed by atoms with E-state index in [9.17, 15) is 9.59 Å². The Morgan fingerprint density at radius 2 is 1.83 bits per heavy atom. The molecule has 5 nitrogen and oxygen atoms in total. The lowest BCUT2D eigenvalue weighted by atomic mass is 10.0. The van der Waals surface area contributed by atoms with Gasteiger partial charge in [0, 0.05) is 25.4 Å². The predicted molar refractivity (Wildman–Crippen MR) is 95.4 cm³/mol. The Kier molecular flexibility index (Phi) is 5.57. The molecule has 1 N–H and O–H groups in total. The molecule has 0 fully saturated rings. The minimum Gasteiger partial charge on any atom is -0.349 e. The van der Waals surface area contributed by atoms with Crippen LogP contribution in [0.1, 0.15) is 44.9 Å². The van der Waals surface area contributed by atoms with E-state index in [0.29, 0.717) is 17.8 Å². The summed E-state index contributed by atoms with van der Waals surface area (Å²) in [7, 11) is 5.75. The van der Waals surface area contributed by atoms with Crippen LogP contribution < -0.4 is 5.32 Å². The van der Waals surface area contributed by atoms with E-state index < -0.39 is 0 Å². The Bertz CT molecular complexity index is 730. The van der Waals surface area contributed by atoms with E-state index in [0.717, 1.165) is 5.56 Å². The highest BCUT2D eigenvalue weighted by atomic mass is 16.2. The van der Waals surface area contributed by atoms with Crippen molar-refractivity contribution in [2.75, 3.05) is 20.6 Å². The molecule has 1 amide bonds. The van der Waals surface area contributed by atoms with Crippen LogP contribution in [0.2, 0.25) is 0 Å². The molecule has 2 rings (SSSR count). The van der Waals surface area contributed by atoms with Crippen molar-refractivity contribution in [1.82, 2.24) is 14.8 Å².